The van der Waals surface area contributed by atoms with E-state index in [4.69, 9.17) is 21.4 Å². The molecule has 1 N–H and O–H groups in total. The minimum absolute atomic E-state index is 0.210. The molecule has 1 aromatic carbocycles. The largest absolute Gasteiger partial charge is 0.495 e. The van der Waals surface area contributed by atoms with Crippen LogP contribution < -0.4 is 4.74 Å². The van der Waals surface area contributed by atoms with Crippen molar-refractivity contribution in [3.8, 4) is 5.75 Å². The Kier molecular flexibility index (Phi) is 4.92. The van der Waals surface area contributed by atoms with E-state index < -0.39 is 0 Å². The number of hydrogen-bond donors (Lipinski definition) is 1. The van der Waals surface area contributed by atoms with E-state index in [2.05, 4.69) is 6.92 Å². The van der Waals surface area contributed by atoms with E-state index in [0.717, 1.165) is 18.4 Å². The summed E-state index contributed by atoms with van der Waals surface area (Å²) in [7, 11) is 1.60. The summed E-state index contributed by atoms with van der Waals surface area (Å²) < 4.78 is 5.09. The number of ether oxygens (including phenoxy) is 1. The van der Waals surface area contributed by atoms with Crippen molar-refractivity contribution in [2.45, 2.75) is 25.7 Å². The van der Waals surface area contributed by atoms with Gasteiger partial charge >= 0.3 is 0 Å². The second-order valence-corrected chi connectivity index (χ2v) is 3.92. The highest BCUT2D eigenvalue weighted by Gasteiger charge is 2.10. The molecule has 1 rings (SSSR count). The van der Waals surface area contributed by atoms with Gasteiger partial charge in [0, 0.05) is 6.61 Å². The van der Waals surface area contributed by atoms with Crippen LogP contribution in [0, 0.1) is 0 Å². The number of hydrogen-bond acceptors (Lipinski definition) is 2. The SMILES string of the molecule is CCC(CCO)c1ccc(OC)c(Cl)c1. The van der Waals surface area contributed by atoms with Gasteiger partial charge in [-0.25, -0.2) is 0 Å². The molecule has 0 fully saturated rings. The highest BCUT2D eigenvalue weighted by atomic mass is 35.5. The van der Waals surface area contributed by atoms with Crippen molar-refractivity contribution in [1.82, 2.24) is 0 Å². The van der Waals surface area contributed by atoms with Crippen molar-refractivity contribution in [3.63, 3.8) is 0 Å². The van der Waals surface area contributed by atoms with Crippen molar-refractivity contribution in [2.75, 3.05) is 13.7 Å². The van der Waals surface area contributed by atoms with E-state index in [1.54, 1.807) is 7.11 Å². The van der Waals surface area contributed by atoms with Crippen molar-refractivity contribution in [3.05, 3.63) is 28.8 Å². The summed E-state index contributed by atoms with van der Waals surface area (Å²) in [6, 6.07) is 5.80. The molecule has 0 aliphatic rings. The minimum atomic E-state index is 0.210. The van der Waals surface area contributed by atoms with Gasteiger partial charge in [0.25, 0.3) is 0 Å². The van der Waals surface area contributed by atoms with E-state index in [1.165, 1.54) is 0 Å². The molecule has 0 saturated carbocycles. The highest BCUT2D eigenvalue weighted by molar-refractivity contribution is 6.32. The number of rotatable bonds is 5. The molecule has 3 heteroatoms. The Labute approximate surface area is 95.8 Å². The Morgan fingerprint density at radius 1 is 1.47 bits per heavy atom. The Bertz CT molecular complexity index is 312. The Balaban J connectivity index is 2.89. The summed E-state index contributed by atoms with van der Waals surface area (Å²) in [5, 5.41) is 9.57. The van der Waals surface area contributed by atoms with Crippen LogP contribution in [0.4, 0.5) is 0 Å². The van der Waals surface area contributed by atoms with Crippen LogP contribution in [0.5, 0.6) is 5.75 Å². The fourth-order valence-corrected chi connectivity index (χ4v) is 1.97. The van der Waals surface area contributed by atoms with Gasteiger partial charge in [0.05, 0.1) is 12.1 Å². The molecule has 0 spiro atoms. The molecule has 0 bridgehead atoms. The zero-order valence-corrected chi connectivity index (χ0v) is 9.92. The summed E-state index contributed by atoms with van der Waals surface area (Å²) in [5.74, 6) is 1.07. The van der Waals surface area contributed by atoms with Crippen LogP contribution in [-0.2, 0) is 0 Å². The van der Waals surface area contributed by atoms with Crippen LogP contribution in [-0.4, -0.2) is 18.8 Å². The molecule has 0 saturated heterocycles. The fraction of sp³-hybridized carbons (Fsp3) is 0.500. The number of aliphatic hydroxyl groups is 1. The maximum absolute atomic E-state index is 8.94. The van der Waals surface area contributed by atoms with Crippen molar-refractivity contribution in [2.24, 2.45) is 0 Å². The maximum atomic E-state index is 8.94. The van der Waals surface area contributed by atoms with Crippen LogP contribution in [0.15, 0.2) is 18.2 Å². The topological polar surface area (TPSA) is 29.5 Å². The summed E-state index contributed by atoms with van der Waals surface area (Å²) >= 11 is 6.04. The van der Waals surface area contributed by atoms with Crippen LogP contribution in [0.1, 0.15) is 31.2 Å². The van der Waals surface area contributed by atoms with Gasteiger partial charge in [0.2, 0.25) is 0 Å². The second-order valence-electron chi connectivity index (χ2n) is 3.51. The summed E-state index contributed by atoms with van der Waals surface area (Å²) in [4.78, 5) is 0. The average Bonchev–Trinajstić information content (AvgIpc) is 2.25. The van der Waals surface area contributed by atoms with Crippen molar-refractivity contribution < 1.29 is 9.84 Å². The van der Waals surface area contributed by atoms with E-state index in [9.17, 15) is 0 Å². The zero-order valence-electron chi connectivity index (χ0n) is 9.16. The molecule has 84 valence electrons. The Morgan fingerprint density at radius 2 is 2.20 bits per heavy atom. The molecule has 0 aliphatic carbocycles. The lowest BCUT2D eigenvalue weighted by atomic mass is 9.93. The van der Waals surface area contributed by atoms with Gasteiger partial charge in [0.15, 0.2) is 0 Å². The quantitative estimate of drug-likeness (QED) is 0.839. The molecular weight excluding hydrogens is 212 g/mol. The molecule has 0 aliphatic heterocycles. The zero-order chi connectivity index (χ0) is 11.3. The molecule has 2 nitrogen and oxygen atoms in total. The first-order chi connectivity index (χ1) is 7.22. The maximum Gasteiger partial charge on any atom is 0.137 e. The minimum Gasteiger partial charge on any atom is -0.495 e. The van der Waals surface area contributed by atoms with E-state index in [-0.39, 0.29) is 6.61 Å². The van der Waals surface area contributed by atoms with E-state index in [1.807, 2.05) is 18.2 Å². The van der Waals surface area contributed by atoms with Crippen molar-refractivity contribution >= 4 is 11.6 Å². The van der Waals surface area contributed by atoms with Gasteiger partial charge in [-0.05, 0) is 36.5 Å². The molecule has 0 aromatic heterocycles. The highest BCUT2D eigenvalue weighted by Crippen LogP contribution is 2.30. The Hall–Kier alpha value is -0.730. The third kappa shape index (κ3) is 3.11. The normalized spacial score (nSPS) is 12.5. The average molecular weight is 229 g/mol. The standard InChI is InChI=1S/C12H17ClO2/c1-3-9(6-7-14)10-4-5-12(15-2)11(13)8-10/h4-5,8-9,14H,3,6-7H2,1-2H3. The fourth-order valence-electron chi connectivity index (χ4n) is 1.70. The first-order valence-electron chi connectivity index (χ1n) is 5.17. The number of benzene rings is 1. The molecule has 0 heterocycles. The van der Waals surface area contributed by atoms with Gasteiger partial charge in [0.1, 0.15) is 5.75 Å². The first kappa shape index (κ1) is 12.3. The number of aliphatic hydroxyl groups excluding tert-OH is 1. The molecular formula is C12H17ClO2. The molecule has 0 amide bonds. The predicted octanol–water partition coefficient (Wildman–Crippen LogP) is 3.22. The molecule has 1 aromatic rings. The van der Waals surface area contributed by atoms with Crippen LogP contribution in [0.2, 0.25) is 5.02 Å². The molecule has 1 atom stereocenters. The summed E-state index contributed by atoms with van der Waals surface area (Å²) in [6.07, 6.45) is 1.78. The predicted molar refractivity (Wildman–Crippen MR) is 62.7 cm³/mol. The molecule has 0 radical (unpaired) electrons. The van der Waals surface area contributed by atoms with Gasteiger partial charge in [-0.15, -0.1) is 0 Å². The third-order valence-corrected chi connectivity index (χ3v) is 2.91. The summed E-state index contributed by atoms with van der Waals surface area (Å²) in [6.45, 7) is 2.32. The first-order valence-corrected chi connectivity index (χ1v) is 5.55. The number of halogens is 1. The summed E-state index contributed by atoms with van der Waals surface area (Å²) in [5.41, 5.74) is 1.16. The van der Waals surface area contributed by atoms with E-state index >= 15 is 0 Å². The van der Waals surface area contributed by atoms with Gasteiger partial charge in [-0.3, -0.25) is 0 Å². The smallest absolute Gasteiger partial charge is 0.137 e. The van der Waals surface area contributed by atoms with Gasteiger partial charge < -0.3 is 9.84 Å². The van der Waals surface area contributed by atoms with Crippen molar-refractivity contribution in [1.29, 1.82) is 0 Å². The van der Waals surface area contributed by atoms with Crippen LogP contribution in [0.3, 0.4) is 0 Å². The monoisotopic (exact) mass is 228 g/mol. The van der Waals surface area contributed by atoms with Crippen LogP contribution in [0.25, 0.3) is 0 Å². The molecule has 15 heavy (non-hydrogen) atoms. The number of methoxy groups -OCH3 is 1. The Morgan fingerprint density at radius 3 is 2.67 bits per heavy atom. The molecule has 1 unspecified atom stereocenters. The lowest BCUT2D eigenvalue weighted by molar-refractivity contribution is 0.274. The lowest BCUT2D eigenvalue weighted by Gasteiger charge is -2.15. The lowest BCUT2D eigenvalue weighted by Crippen LogP contribution is -2.00. The second kappa shape index (κ2) is 5.99. The van der Waals surface area contributed by atoms with Gasteiger partial charge in [-0.2, -0.15) is 0 Å². The van der Waals surface area contributed by atoms with E-state index in [0.29, 0.717) is 16.7 Å². The van der Waals surface area contributed by atoms with Gasteiger partial charge in [-0.1, -0.05) is 24.6 Å². The van der Waals surface area contributed by atoms with Crippen LogP contribution >= 0.6 is 11.6 Å². The third-order valence-electron chi connectivity index (χ3n) is 2.62.